The molecule has 3 heterocycles. The van der Waals surface area contributed by atoms with E-state index in [1.165, 1.54) is 0 Å². The number of hydrogen-bond donors (Lipinski definition) is 2. The number of carbonyl (C=O) groups is 1. The van der Waals surface area contributed by atoms with E-state index in [-0.39, 0.29) is 12.5 Å². The van der Waals surface area contributed by atoms with Crippen molar-refractivity contribution < 1.29 is 9.90 Å². The molecular formula is C22H18N8O2. The predicted molar refractivity (Wildman–Crippen MR) is 115 cm³/mol. The Morgan fingerprint density at radius 1 is 1.09 bits per heavy atom. The SMILES string of the molecule is Cc1cccc(Cn2cc(-c3cc(-c4cccc(C#N)c4)nc(NCC(=O)O)n3)nn2)n1. The highest BCUT2D eigenvalue weighted by atomic mass is 16.4. The van der Waals surface area contributed by atoms with Crippen molar-refractivity contribution in [1.82, 2.24) is 29.9 Å². The number of nitrogens with one attached hydrogen (secondary N) is 1. The van der Waals surface area contributed by atoms with Crippen LogP contribution in [-0.4, -0.2) is 47.6 Å². The zero-order valence-electron chi connectivity index (χ0n) is 17.1. The van der Waals surface area contributed by atoms with E-state index < -0.39 is 5.97 Å². The second-order valence-electron chi connectivity index (χ2n) is 6.97. The number of aromatic nitrogens is 6. The van der Waals surface area contributed by atoms with Crippen LogP contribution in [0.15, 0.2) is 54.7 Å². The summed E-state index contributed by atoms with van der Waals surface area (Å²) < 4.78 is 1.65. The number of aryl methyl sites for hydroxylation is 1. The van der Waals surface area contributed by atoms with Crippen LogP contribution in [-0.2, 0) is 11.3 Å². The van der Waals surface area contributed by atoms with Crippen LogP contribution in [0, 0.1) is 18.3 Å². The van der Waals surface area contributed by atoms with Crippen molar-refractivity contribution >= 4 is 11.9 Å². The number of rotatable bonds is 7. The van der Waals surface area contributed by atoms with E-state index in [0.29, 0.717) is 34.8 Å². The summed E-state index contributed by atoms with van der Waals surface area (Å²) in [5.74, 6) is -0.902. The Hall–Kier alpha value is -4.65. The molecule has 0 amide bonds. The molecule has 0 saturated carbocycles. The van der Waals surface area contributed by atoms with E-state index in [9.17, 15) is 10.1 Å². The van der Waals surface area contributed by atoms with Crippen LogP contribution in [0.25, 0.3) is 22.6 Å². The van der Waals surface area contributed by atoms with E-state index in [1.54, 1.807) is 35.1 Å². The highest BCUT2D eigenvalue weighted by Crippen LogP contribution is 2.25. The van der Waals surface area contributed by atoms with E-state index in [0.717, 1.165) is 11.4 Å². The fraction of sp³-hybridized carbons (Fsp3) is 0.136. The van der Waals surface area contributed by atoms with Crippen molar-refractivity contribution in [2.75, 3.05) is 11.9 Å². The molecule has 4 aromatic rings. The van der Waals surface area contributed by atoms with Gasteiger partial charge in [-0.2, -0.15) is 5.26 Å². The topological polar surface area (TPSA) is 142 Å². The highest BCUT2D eigenvalue weighted by molar-refractivity contribution is 5.73. The summed E-state index contributed by atoms with van der Waals surface area (Å²) >= 11 is 0. The first-order valence-electron chi connectivity index (χ1n) is 9.68. The van der Waals surface area contributed by atoms with Crippen LogP contribution in [0.1, 0.15) is 17.0 Å². The third-order valence-corrected chi connectivity index (χ3v) is 4.48. The minimum atomic E-state index is -1.04. The van der Waals surface area contributed by atoms with Gasteiger partial charge in [-0.05, 0) is 37.3 Å². The normalized spacial score (nSPS) is 10.5. The molecule has 0 aliphatic rings. The van der Waals surface area contributed by atoms with E-state index in [2.05, 4.69) is 36.7 Å². The van der Waals surface area contributed by atoms with Gasteiger partial charge >= 0.3 is 5.97 Å². The lowest BCUT2D eigenvalue weighted by atomic mass is 10.1. The number of pyridine rings is 1. The molecule has 0 unspecified atom stereocenters. The fourth-order valence-corrected chi connectivity index (χ4v) is 3.05. The highest BCUT2D eigenvalue weighted by Gasteiger charge is 2.13. The van der Waals surface area contributed by atoms with Gasteiger partial charge in [-0.3, -0.25) is 9.78 Å². The predicted octanol–water partition coefficient (Wildman–Crippen LogP) is 2.52. The van der Waals surface area contributed by atoms with Gasteiger partial charge in [0.25, 0.3) is 0 Å². The molecule has 0 saturated heterocycles. The average Bonchev–Trinajstić information content (AvgIpc) is 3.26. The first-order chi connectivity index (χ1) is 15.5. The van der Waals surface area contributed by atoms with Crippen LogP contribution in [0.4, 0.5) is 5.95 Å². The maximum Gasteiger partial charge on any atom is 0.322 e. The summed E-state index contributed by atoms with van der Waals surface area (Å²) in [6, 6.07) is 16.6. The Kier molecular flexibility index (Phi) is 5.81. The van der Waals surface area contributed by atoms with Crippen LogP contribution < -0.4 is 5.32 Å². The van der Waals surface area contributed by atoms with Crippen molar-refractivity contribution in [2.24, 2.45) is 0 Å². The second kappa shape index (κ2) is 9.01. The maximum absolute atomic E-state index is 11.0. The lowest BCUT2D eigenvalue weighted by Gasteiger charge is -2.08. The summed E-state index contributed by atoms with van der Waals surface area (Å²) in [6.07, 6.45) is 1.74. The molecule has 1 aromatic carbocycles. The number of benzene rings is 1. The Balaban J connectivity index is 1.69. The minimum absolute atomic E-state index is 0.136. The first kappa shape index (κ1) is 20.6. The number of nitriles is 1. The number of aliphatic carboxylic acids is 1. The average molecular weight is 426 g/mol. The number of carboxylic acid groups (broad SMARTS) is 1. The Morgan fingerprint density at radius 3 is 2.69 bits per heavy atom. The van der Waals surface area contributed by atoms with Gasteiger partial charge in [0.2, 0.25) is 5.95 Å². The monoisotopic (exact) mass is 426 g/mol. The number of carboxylic acids is 1. The van der Waals surface area contributed by atoms with Crippen LogP contribution in [0.5, 0.6) is 0 Å². The van der Waals surface area contributed by atoms with Crippen molar-refractivity contribution in [2.45, 2.75) is 13.5 Å². The summed E-state index contributed by atoms with van der Waals surface area (Å²) in [5.41, 5.74) is 4.43. The van der Waals surface area contributed by atoms with Crippen molar-refractivity contribution in [1.29, 1.82) is 5.26 Å². The summed E-state index contributed by atoms with van der Waals surface area (Å²) in [4.78, 5) is 24.2. The van der Waals surface area contributed by atoms with Crippen LogP contribution in [0.2, 0.25) is 0 Å². The molecule has 0 aliphatic heterocycles. The van der Waals surface area contributed by atoms with Gasteiger partial charge in [-0.25, -0.2) is 14.6 Å². The third kappa shape index (κ3) is 4.91. The second-order valence-corrected chi connectivity index (χ2v) is 6.97. The smallest absolute Gasteiger partial charge is 0.322 e. The van der Waals surface area contributed by atoms with Gasteiger partial charge in [-0.15, -0.1) is 5.10 Å². The third-order valence-electron chi connectivity index (χ3n) is 4.48. The quantitative estimate of drug-likeness (QED) is 0.455. The summed E-state index contributed by atoms with van der Waals surface area (Å²) in [6.45, 7) is 2.03. The molecule has 0 atom stereocenters. The molecular weight excluding hydrogens is 408 g/mol. The Labute approximate surface area is 183 Å². The zero-order valence-corrected chi connectivity index (χ0v) is 17.1. The van der Waals surface area contributed by atoms with E-state index >= 15 is 0 Å². The molecule has 32 heavy (non-hydrogen) atoms. The lowest BCUT2D eigenvalue weighted by Crippen LogP contribution is -2.14. The molecule has 0 radical (unpaired) electrons. The van der Waals surface area contributed by atoms with Crippen LogP contribution >= 0.6 is 0 Å². The standard InChI is InChI=1S/C22H18N8O2/c1-14-4-2-7-17(25-14)12-30-13-20(28-29-30)19-9-18(16-6-3-5-15(8-16)10-23)26-22(27-19)24-11-21(31)32/h2-9,13H,11-12H2,1H3,(H,31,32)(H,24,26,27). The van der Waals surface area contributed by atoms with Crippen molar-refractivity contribution in [3.8, 4) is 28.7 Å². The molecule has 3 aromatic heterocycles. The zero-order chi connectivity index (χ0) is 22.5. The Morgan fingerprint density at radius 2 is 1.91 bits per heavy atom. The van der Waals surface area contributed by atoms with Gasteiger partial charge in [-0.1, -0.05) is 23.4 Å². The van der Waals surface area contributed by atoms with Crippen LogP contribution in [0.3, 0.4) is 0 Å². The fourth-order valence-electron chi connectivity index (χ4n) is 3.05. The molecule has 0 spiro atoms. The van der Waals surface area contributed by atoms with E-state index in [4.69, 9.17) is 5.11 Å². The van der Waals surface area contributed by atoms with Gasteiger partial charge in [0.1, 0.15) is 12.2 Å². The molecule has 0 aliphatic carbocycles. The van der Waals surface area contributed by atoms with E-state index in [1.807, 2.05) is 31.2 Å². The minimum Gasteiger partial charge on any atom is -0.480 e. The maximum atomic E-state index is 11.0. The largest absolute Gasteiger partial charge is 0.480 e. The van der Waals surface area contributed by atoms with Gasteiger partial charge in [0.15, 0.2) is 0 Å². The van der Waals surface area contributed by atoms with Gasteiger partial charge in [0.05, 0.1) is 41.5 Å². The molecule has 10 heteroatoms. The van der Waals surface area contributed by atoms with Crippen molar-refractivity contribution in [3.63, 3.8) is 0 Å². The Bertz CT molecular complexity index is 1330. The summed E-state index contributed by atoms with van der Waals surface area (Å²) in [7, 11) is 0. The number of nitrogens with zero attached hydrogens (tertiary/aromatic N) is 7. The molecule has 0 fully saturated rings. The molecule has 2 N–H and O–H groups in total. The van der Waals surface area contributed by atoms with Gasteiger partial charge < -0.3 is 10.4 Å². The number of anilines is 1. The first-order valence-corrected chi connectivity index (χ1v) is 9.68. The lowest BCUT2D eigenvalue weighted by molar-refractivity contribution is -0.134. The molecule has 4 rings (SSSR count). The number of hydrogen-bond acceptors (Lipinski definition) is 8. The molecule has 10 nitrogen and oxygen atoms in total. The van der Waals surface area contributed by atoms with Crippen molar-refractivity contribution in [3.05, 3.63) is 71.7 Å². The summed E-state index contributed by atoms with van der Waals surface area (Å²) in [5, 5.41) is 29.3. The molecule has 158 valence electrons. The van der Waals surface area contributed by atoms with Gasteiger partial charge in [0, 0.05) is 11.3 Å². The molecule has 0 bridgehead atoms.